The van der Waals surface area contributed by atoms with E-state index in [1.54, 1.807) is 11.8 Å². The van der Waals surface area contributed by atoms with Gasteiger partial charge in [-0.15, -0.1) is 11.8 Å². The number of hydrogen-bond donors (Lipinski definition) is 0. The zero-order valence-electron chi connectivity index (χ0n) is 11.4. The van der Waals surface area contributed by atoms with E-state index >= 15 is 0 Å². The highest BCUT2D eigenvalue weighted by Crippen LogP contribution is 2.24. The van der Waals surface area contributed by atoms with Crippen LogP contribution in [-0.2, 0) is 0 Å². The van der Waals surface area contributed by atoms with Gasteiger partial charge in [-0.1, -0.05) is 18.5 Å². The summed E-state index contributed by atoms with van der Waals surface area (Å²) >= 11 is 7.78. The van der Waals surface area contributed by atoms with E-state index < -0.39 is 0 Å². The van der Waals surface area contributed by atoms with Crippen molar-refractivity contribution in [3.05, 3.63) is 28.8 Å². The smallest absolute Gasteiger partial charge is 0.255 e. The third-order valence-corrected chi connectivity index (χ3v) is 4.57. The molecule has 1 saturated heterocycles. The van der Waals surface area contributed by atoms with Gasteiger partial charge in [-0.05, 0) is 31.0 Å². The Morgan fingerprint density at radius 3 is 2.58 bits per heavy atom. The molecule has 104 valence electrons. The van der Waals surface area contributed by atoms with Crippen molar-refractivity contribution in [1.29, 1.82) is 0 Å². The first-order valence-electron chi connectivity index (χ1n) is 6.51. The van der Waals surface area contributed by atoms with E-state index in [1.165, 1.54) is 0 Å². The fraction of sp³-hybridized carbons (Fsp3) is 0.500. The molecule has 0 N–H and O–H groups in total. The van der Waals surface area contributed by atoms with Crippen LogP contribution in [0.2, 0.25) is 5.02 Å². The minimum Gasteiger partial charge on any atom is -0.336 e. The monoisotopic (exact) mass is 298 g/mol. The third kappa shape index (κ3) is 3.44. The lowest BCUT2D eigenvalue weighted by Crippen LogP contribution is -2.48. The molecular formula is C14H19ClN2OS. The molecule has 1 aromatic rings. The van der Waals surface area contributed by atoms with E-state index in [-0.39, 0.29) is 5.91 Å². The molecule has 0 aliphatic carbocycles. The van der Waals surface area contributed by atoms with E-state index in [1.807, 2.05) is 29.4 Å². The van der Waals surface area contributed by atoms with Crippen molar-refractivity contribution in [2.24, 2.45) is 0 Å². The predicted octanol–water partition coefficient (Wildman–Crippen LogP) is 2.84. The summed E-state index contributed by atoms with van der Waals surface area (Å²) in [6, 6.07) is 5.64. The highest BCUT2D eigenvalue weighted by molar-refractivity contribution is 7.98. The zero-order chi connectivity index (χ0) is 13.8. The summed E-state index contributed by atoms with van der Waals surface area (Å²) in [6.07, 6.45) is 2.00. The van der Waals surface area contributed by atoms with E-state index in [4.69, 9.17) is 11.6 Å². The van der Waals surface area contributed by atoms with Crippen LogP contribution in [0.25, 0.3) is 0 Å². The lowest BCUT2D eigenvalue weighted by molar-refractivity contribution is 0.0643. The van der Waals surface area contributed by atoms with Crippen molar-refractivity contribution in [2.75, 3.05) is 39.0 Å². The number of carbonyl (C=O) groups excluding carboxylic acids is 1. The van der Waals surface area contributed by atoms with E-state index in [0.29, 0.717) is 10.6 Å². The lowest BCUT2D eigenvalue weighted by Gasteiger charge is -2.34. The maximum Gasteiger partial charge on any atom is 0.255 e. The molecule has 1 aliphatic heterocycles. The van der Waals surface area contributed by atoms with Crippen LogP contribution >= 0.6 is 23.4 Å². The second-order valence-electron chi connectivity index (χ2n) is 4.57. The number of carbonyl (C=O) groups is 1. The Morgan fingerprint density at radius 2 is 2.00 bits per heavy atom. The van der Waals surface area contributed by atoms with Crippen molar-refractivity contribution < 1.29 is 4.79 Å². The standard InChI is InChI=1S/C14H19ClN2OS/c1-3-16-6-8-17(9-7-16)14(18)12-10-11(19-2)4-5-13(12)15/h4-5,10H,3,6-9H2,1-2H3. The summed E-state index contributed by atoms with van der Waals surface area (Å²) < 4.78 is 0. The third-order valence-electron chi connectivity index (χ3n) is 3.51. The highest BCUT2D eigenvalue weighted by atomic mass is 35.5. The van der Waals surface area contributed by atoms with Crippen LogP contribution in [0, 0.1) is 0 Å². The quantitative estimate of drug-likeness (QED) is 0.802. The van der Waals surface area contributed by atoms with Gasteiger partial charge in [-0.3, -0.25) is 4.79 Å². The Balaban J connectivity index is 2.11. The zero-order valence-corrected chi connectivity index (χ0v) is 12.9. The number of hydrogen-bond acceptors (Lipinski definition) is 3. The minimum atomic E-state index is 0.0525. The Labute approximate surface area is 123 Å². The number of thioether (sulfide) groups is 1. The van der Waals surface area contributed by atoms with Crippen molar-refractivity contribution in [3.63, 3.8) is 0 Å². The SMILES string of the molecule is CCN1CCN(C(=O)c2cc(SC)ccc2Cl)CC1. The number of amides is 1. The molecule has 1 fully saturated rings. The van der Waals surface area contributed by atoms with Gasteiger partial charge in [0.2, 0.25) is 0 Å². The van der Waals surface area contributed by atoms with Gasteiger partial charge in [0.05, 0.1) is 10.6 Å². The average Bonchev–Trinajstić information content (AvgIpc) is 2.47. The maximum absolute atomic E-state index is 12.5. The van der Waals surface area contributed by atoms with Crippen LogP contribution in [0.15, 0.2) is 23.1 Å². The van der Waals surface area contributed by atoms with Gasteiger partial charge in [-0.25, -0.2) is 0 Å². The molecule has 1 aliphatic rings. The summed E-state index contributed by atoms with van der Waals surface area (Å²) in [5.74, 6) is 0.0525. The molecule has 3 nitrogen and oxygen atoms in total. The van der Waals surface area contributed by atoms with E-state index in [9.17, 15) is 4.79 Å². The fourth-order valence-electron chi connectivity index (χ4n) is 2.23. The van der Waals surface area contributed by atoms with Crippen LogP contribution < -0.4 is 0 Å². The molecule has 1 aromatic carbocycles. The molecule has 0 bridgehead atoms. The Hall–Kier alpha value is -0.710. The Bertz CT molecular complexity index is 459. The highest BCUT2D eigenvalue weighted by Gasteiger charge is 2.23. The molecule has 0 saturated carbocycles. The van der Waals surface area contributed by atoms with Crippen LogP contribution in [0.4, 0.5) is 0 Å². The van der Waals surface area contributed by atoms with Crippen LogP contribution in [0.5, 0.6) is 0 Å². The van der Waals surface area contributed by atoms with Gasteiger partial charge in [-0.2, -0.15) is 0 Å². The molecule has 0 atom stereocenters. The molecule has 5 heteroatoms. The molecule has 19 heavy (non-hydrogen) atoms. The van der Waals surface area contributed by atoms with Gasteiger partial charge < -0.3 is 9.80 Å². The van der Waals surface area contributed by atoms with Crippen molar-refractivity contribution in [1.82, 2.24) is 9.80 Å². The summed E-state index contributed by atoms with van der Waals surface area (Å²) in [7, 11) is 0. The minimum absolute atomic E-state index is 0.0525. The van der Waals surface area contributed by atoms with Gasteiger partial charge in [0.25, 0.3) is 5.91 Å². The van der Waals surface area contributed by atoms with Crippen LogP contribution in [-0.4, -0.2) is 54.7 Å². The number of likely N-dealkylation sites (N-methyl/N-ethyl adjacent to an activating group) is 1. The lowest BCUT2D eigenvalue weighted by atomic mass is 10.2. The first-order valence-corrected chi connectivity index (χ1v) is 8.11. The number of benzene rings is 1. The summed E-state index contributed by atoms with van der Waals surface area (Å²) in [5.41, 5.74) is 0.624. The van der Waals surface area contributed by atoms with Gasteiger partial charge >= 0.3 is 0 Å². The van der Waals surface area contributed by atoms with Gasteiger partial charge in [0.1, 0.15) is 0 Å². The second-order valence-corrected chi connectivity index (χ2v) is 5.86. The maximum atomic E-state index is 12.5. The molecule has 0 spiro atoms. The number of halogens is 1. The summed E-state index contributed by atoms with van der Waals surface area (Å²) in [4.78, 5) is 17.8. The van der Waals surface area contributed by atoms with Gasteiger partial charge in [0.15, 0.2) is 0 Å². The molecule has 1 heterocycles. The van der Waals surface area contributed by atoms with Crippen molar-refractivity contribution in [3.8, 4) is 0 Å². The Kier molecular flexibility index (Phi) is 5.13. The van der Waals surface area contributed by atoms with Crippen LogP contribution in [0.3, 0.4) is 0 Å². The molecule has 0 radical (unpaired) electrons. The van der Waals surface area contributed by atoms with E-state index in [2.05, 4.69) is 11.8 Å². The second kappa shape index (κ2) is 6.64. The molecule has 1 amide bonds. The average molecular weight is 299 g/mol. The number of nitrogens with zero attached hydrogens (tertiary/aromatic N) is 2. The first kappa shape index (κ1) is 14.7. The molecule has 2 rings (SSSR count). The van der Waals surface area contributed by atoms with Crippen LogP contribution in [0.1, 0.15) is 17.3 Å². The molecular weight excluding hydrogens is 280 g/mol. The summed E-state index contributed by atoms with van der Waals surface area (Å²) in [6.45, 7) is 6.66. The predicted molar refractivity (Wildman–Crippen MR) is 81.3 cm³/mol. The Morgan fingerprint density at radius 1 is 1.32 bits per heavy atom. The topological polar surface area (TPSA) is 23.6 Å². The fourth-order valence-corrected chi connectivity index (χ4v) is 2.87. The van der Waals surface area contributed by atoms with Gasteiger partial charge in [0, 0.05) is 31.1 Å². The number of piperazine rings is 1. The van der Waals surface area contributed by atoms with E-state index in [0.717, 1.165) is 37.6 Å². The number of rotatable bonds is 3. The van der Waals surface area contributed by atoms with Crippen molar-refractivity contribution in [2.45, 2.75) is 11.8 Å². The molecule has 0 unspecified atom stereocenters. The largest absolute Gasteiger partial charge is 0.336 e. The normalized spacial score (nSPS) is 16.7. The van der Waals surface area contributed by atoms with Crippen molar-refractivity contribution >= 4 is 29.3 Å². The molecule has 0 aromatic heterocycles. The summed E-state index contributed by atoms with van der Waals surface area (Å²) in [5, 5.41) is 0.542. The first-order chi connectivity index (χ1) is 9.15.